The van der Waals surface area contributed by atoms with E-state index in [0.717, 1.165) is 25.7 Å². The molecule has 0 spiro atoms. The van der Waals surface area contributed by atoms with Gasteiger partial charge in [-0.2, -0.15) is 0 Å². The molecule has 2 heterocycles. The maximum atomic E-state index is 11.7. The van der Waals surface area contributed by atoms with Crippen LogP contribution in [0.3, 0.4) is 0 Å². The summed E-state index contributed by atoms with van der Waals surface area (Å²) in [5, 5.41) is 10.00. The van der Waals surface area contributed by atoms with Crippen molar-refractivity contribution in [1.82, 2.24) is 9.55 Å². The minimum Gasteiger partial charge on any atom is -0.444 e. The first-order valence-corrected chi connectivity index (χ1v) is 7.86. The number of hydrogen-bond acceptors (Lipinski definition) is 5. The standard InChI is InChI=1S/C16H22N2O5/c1-2-3-4-5-6-9-22-11-13-12(19)10-15(23-13)18-8-7-14(20)17-16(18)21/h7-8,12-13,15,19H,2-5,10-11H2,1H3,(H,17,20,21)/t12-,13+,15+/m0/s1. The highest BCUT2D eigenvalue weighted by Crippen LogP contribution is 2.27. The van der Waals surface area contributed by atoms with Crippen molar-refractivity contribution in [2.75, 3.05) is 6.61 Å². The minimum absolute atomic E-state index is 0.135. The molecular weight excluding hydrogens is 300 g/mol. The van der Waals surface area contributed by atoms with Gasteiger partial charge in [-0.3, -0.25) is 14.3 Å². The average molecular weight is 322 g/mol. The molecule has 1 aliphatic rings. The zero-order chi connectivity index (χ0) is 16.7. The largest absolute Gasteiger partial charge is 0.444 e. The summed E-state index contributed by atoms with van der Waals surface area (Å²) < 4.78 is 12.1. The summed E-state index contributed by atoms with van der Waals surface area (Å²) in [6.45, 7) is 2.27. The first-order chi connectivity index (χ1) is 11.1. The third kappa shape index (κ3) is 4.98. The van der Waals surface area contributed by atoms with Crippen LogP contribution in [0.15, 0.2) is 21.9 Å². The number of ether oxygens (including phenoxy) is 2. The molecule has 0 bridgehead atoms. The van der Waals surface area contributed by atoms with Gasteiger partial charge in [0.25, 0.3) is 5.56 Å². The van der Waals surface area contributed by atoms with Crippen LogP contribution in [0.2, 0.25) is 0 Å². The van der Waals surface area contributed by atoms with Crippen molar-refractivity contribution in [3.05, 3.63) is 33.1 Å². The fraction of sp³-hybridized carbons (Fsp3) is 0.625. The molecule has 0 saturated carbocycles. The minimum atomic E-state index is -0.749. The number of rotatable bonds is 6. The molecule has 2 N–H and O–H groups in total. The number of H-pyrrole nitrogens is 1. The third-order valence-electron chi connectivity index (χ3n) is 3.66. The number of aromatic amines is 1. The lowest BCUT2D eigenvalue weighted by Crippen LogP contribution is -2.31. The van der Waals surface area contributed by atoms with Crippen LogP contribution < -0.4 is 11.2 Å². The molecule has 126 valence electrons. The zero-order valence-electron chi connectivity index (χ0n) is 13.2. The summed E-state index contributed by atoms with van der Waals surface area (Å²) in [5.74, 6) is 2.91. The molecule has 1 aromatic rings. The summed E-state index contributed by atoms with van der Waals surface area (Å²) >= 11 is 0. The van der Waals surface area contributed by atoms with Gasteiger partial charge in [-0.15, -0.1) is 0 Å². The van der Waals surface area contributed by atoms with E-state index in [1.807, 2.05) is 0 Å². The molecule has 1 fully saturated rings. The molecule has 0 aliphatic carbocycles. The topological polar surface area (TPSA) is 93.5 Å². The summed E-state index contributed by atoms with van der Waals surface area (Å²) in [5.41, 5.74) is -1.03. The summed E-state index contributed by atoms with van der Waals surface area (Å²) in [7, 11) is 0. The van der Waals surface area contributed by atoms with Crippen LogP contribution in [0.5, 0.6) is 0 Å². The number of unbranched alkanes of at least 4 members (excludes halogenated alkanes) is 3. The van der Waals surface area contributed by atoms with Crippen LogP contribution in [0.25, 0.3) is 0 Å². The van der Waals surface area contributed by atoms with Crippen LogP contribution in [0.4, 0.5) is 0 Å². The molecule has 1 aromatic heterocycles. The second-order valence-corrected chi connectivity index (χ2v) is 5.50. The fourth-order valence-electron chi connectivity index (χ4n) is 2.38. The molecule has 1 aliphatic heterocycles. The average Bonchev–Trinajstić information content (AvgIpc) is 2.87. The monoisotopic (exact) mass is 322 g/mol. The predicted molar refractivity (Wildman–Crippen MR) is 83.7 cm³/mol. The number of nitrogens with zero attached hydrogens (tertiary/aromatic N) is 1. The molecular formula is C16H22N2O5. The van der Waals surface area contributed by atoms with Gasteiger partial charge < -0.3 is 14.6 Å². The number of aliphatic hydroxyl groups is 1. The van der Waals surface area contributed by atoms with Crippen LogP contribution in [-0.2, 0) is 9.47 Å². The van der Waals surface area contributed by atoms with E-state index in [2.05, 4.69) is 23.9 Å². The van der Waals surface area contributed by atoms with Crippen LogP contribution in [-0.4, -0.2) is 33.5 Å². The normalized spacial score (nSPS) is 23.3. The Labute approximate surface area is 134 Å². The van der Waals surface area contributed by atoms with Gasteiger partial charge in [0, 0.05) is 25.1 Å². The molecule has 2 rings (SSSR count). The van der Waals surface area contributed by atoms with Gasteiger partial charge in [-0.25, -0.2) is 4.79 Å². The Kier molecular flexibility index (Phi) is 6.44. The van der Waals surface area contributed by atoms with Gasteiger partial charge in [-0.05, 0) is 6.42 Å². The van der Waals surface area contributed by atoms with E-state index in [-0.39, 0.29) is 13.0 Å². The molecule has 23 heavy (non-hydrogen) atoms. The van der Waals surface area contributed by atoms with E-state index in [4.69, 9.17) is 9.47 Å². The number of aliphatic hydroxyl groups excluding tert-OH is 1. The molecule has 1 saturated heterocycles. The van der Waals surface area contributed by atoms with Crippen molar-refractivity contribution in [2.24, 2.45) is 0 Å². The SMILES string of the molecule is CCCCCC#COC[C@H]1O[C@@H](n2ccc(=O)[nH]c2=O)C[C@@H]1O. The van der Waals surface area contributed by atoms with Crippen molar-refractivity contribution in [2.45, 2.75) is 57.5 Å². The van der Waals surface area contributed by atoms with Gasteiger partial charge in [0.1, 0.15) is 25.0 Å². The smallest absolute Gasteiger partial charge is 0.330 e. The van der Waals surface area contributed by atoms with E-state index < -0.39 is 29.7 Å². The molecule has 0 amide bonds. The van der Waals surface area contributed by atoms with Crippen molar-refractivity contribution in [3.63, 3.8) is 0 Å². The molecule has 0 unspecified atom stereocenters. The highest BCUT2D eigenvalue weighted by Gasteiger charge is 2.35. The van der Waals surface area contributed by atoms with Gasteiger partial charge >= 0.3 is 5.69 Å². The van der Waals surface area contributed by atoms with E-state index in [1.54, 1.807) is 0 Å². The van der Waals surface area contributed by atoms with Crippen LogP contribution in [0, 0.1) is 12.0 Å². The van der Waals surface area contributed by atoms with Crippen LogP contribution in [0.1, 0.15) is 45.3 Å². The lowest BCUT2D eigenvalue weighted by atomic mass is 10.2. The van der Waals surface area contributed by atoms with Gasteiger partial charge in [0.2, 0.25) is 0 Å². The second-order valence-electron chi connectivity index (χ2n) is 5.50. The quantitative estimate of drug-likeness (QED) is 0.595. The van der Waals surface area contributed by atoms with Gasteiger partial charge in [0.15, 0.2) is 0 Å². The highest BCUT2D eigenvalue weighted by molar-refractivity contribution is 4.92. The van der Waals surface area contributed by atoms with Crippen molar-refractivity contribution in [3.8, 4) is 12.0 Å². The van der Waals surface area contributed by atoms with Gasteiger partial charge in [0.05, 0.1) is 6.10 Å². The Hall–Kier alpha value is -2.04. The first kappa shape index (κ1) is 17.3. The molecule has 7 nitrogen and oxygen atoms in total. The number of aromatic nitrogens is 2. The Morgan fingerprint density at radius 3 is 3.04 bits per heavy atom. The van der Waals surface area contributed by atoms with Crippen molar-refractivity contribution < 1.29 is 14.6 Å². The lowest BCUT2D eigenvalue weighted by molar-refractivity contribution is -0.0458. The predicted octanol–water partition coefficient (Wildman–Crippen LogP) is 0.743. The van der Waals surface area contributed by atoms with E-state index >= 15 is 0 Å². The maximum Gasteiger partial charge on any atom is 0.330 e. The maximum absolute atomic E-state index is 11.7. The Morgan fingerprint density at radius 1 is 1.48 bits per heavy atom. The summed E-state index contributed by atoms with van der Waals surface area (Å²) in [4.78, 5) is 24.9. The molecule has 3 atom stereocenters. The second kappa shape index (κ2) is 8.56. The fourth-order valence-corrected chi connectivity index (χ4v) is 2.38. The Morgan fingerprint density at radius 2 is 2.30 bits per heavy atom. The third-order valence-corrected chi connectivity index (χ3v) is 3.66. The van der Waals surface area contributed by atoms with Crippen molar-refractivity contribution in [1.29, 1.82) is 0 Å². The molecule has 0 radical (unpaired) electrons. The molecule has 0 aromatic carbocycles. The Bertz CT molecular complexity index is 669. The van der Waals surface area contributed by atoms with Gasteiger partial charge in [-0.1, -0.05) is 25.7 Å². The summed E-state index contributed by atoms with van der Waals surface area (Å²) in [6.07, 6.45) is 6.43. The molecule has 7 heteroatoms. The van der Waals surface area contributed by atoms with Crippen LogP contribution >= 0.6 is 0 Å². The zero-order valence-corrected chi connectivity index (χ0v) is 13.2. The first-order valence-electron chi connectivity index (χ1n) is 7.86. The lowest BCUT2D eigenvalue weighted by Gasteiger charge is -2.14. The summed E-state index contributed by atoms with van der Waals surface area (Å²) in [6, 6.07) is 1.24. The van der Waals surface area contributed by atoms with E-state index in [0.29, 0.717) is 0 Å². The van der Waals surface area contributed by atoms with E-state index in [1.165, 1.54) is 16.8 Å². The number of nitrogens with one attached hydrogen (secondary N) is 1. The van der Waals surface area contributed by atoms with E-state index in [9.17, 15) is 14.7 Å². The Balaban J connectivity index is 1.84. The highest BCUT2D eigenvalue weighted by atomic mass is 16.6. The number of hydrogen-bond donors (Lipinski definition) is 2. The van der Waals surface area contributed by atoms with Crippen molar-refractivity contribution >= 4 is 0 Å².